The Labute approximate surface area is 334 Å². The molecule has 318 valence electrons. The second-order valence-electron chi connectivity index (χ2n) is 16.4. The van der Waals surface area contributed by atoms with Crippen molar-refractivity contribution in [2.45, 2.75) is 206 Å². The molecule has 8 nitrogen and oxygen atoms in total. The molecule has 3 N–H and O–H groups in total. The lowest BCUT2D eigenvalue weighted by molar-refractivity contribution is -0.870. The standard InChI is InChI=1S/C45H87N2O6P/c1-6-8-10-12-13-14-15-16-17-18-19-20-21-22-23-24-25-26-27-28-29-30-31-32-33-35-36-38-44(48)43(46-45(49)39-37-34-11-9-7-2)42-53-54(50,51)52-41-40-47(3,4)5/h27-28,31-32,36,38,43-44,48H,6-26,29-30,33-35,37,39-42H2,1-5H3,(H-,46,49,50,51)/p+1/b28-27+,32-31+,38-36+. The second kappa shape index (κ2) is 37.3. The summed E-state index contributed by atoms with van der Waals surface area (Å²) in [6.07, 6.45) is 45.7. The van der Waals surface area contributed by atoms with E-state index in [9.17, 15) is 19.4 Å². The molecule has 0 aliphatic carbocycles. The van der Waals surface area contributed by atoms with Crippen molar-refractivity contribution < 1.29 is 32.9 Å². The average molecular weight is 784 g/mol. The van der Waals surface area contributed by atoms with Gasteiger partial charge in [0.2, 0.25) is 5.91 Å². The van der Waals surface area contributed by atoms with Crippen LogP contribution in [0, 0.1) is 0 Å². The van der Waals surface area contributed by atoms with Crippen LogP contribution in [0.5, 0.6) is 0 Å². The monoisotopic (exact) mass is 784 g/mol. The Bertz CT molecular complexity index is 980. The number of carbonyl (C=O) groups excluding carboxylic acids is 1. The number of rotatable bonds is 40. The number of likely N-dealkylation sites (N-methyl/N-ethyl adjacent to an activating group) is 1. The van der Waals surface area contributed by atoms with Gasteiger partial charge in [0.15, 0.2) is 0 Å². The van der Waals surface area contributed by atoms with Crippen LogP contribution in [0.15, 0.2) is 36.5 Å². The van der Waals surface area contributed by atoms with E-state index in [0.29, 0.717) is 17.4 Å². The summed E-state index contributed by atoms with van der Waals surface area (Å²) < 4.78 is 23.3. The third kappa shape index (κ3) is 39.0. The number of phosphoric ester groups is 1. The molecule has 0 saturated heterocycles. The summed E-state index contributed by atoms with van der Waals surface area (Å²) in [6, 6.07) is -0.863. The number of hydrogen-bond donors (Lipinski definition) is 3. The van der Waals surface area contributed by atoms with Crippen LogP contribution in [0.25, 0.3) is 0 Å². The highest BCUT2D eigenvalue weighted by Crippen LogP contribution is 2.43. The molecule has 0 rings (SSSR count). The van der Waals surface area contributed by atoms with Gasteiger partial charge in [-0.15, -0.1) is 0 Å². The molecule has 0 saturated carbocycles. The van der Waals surface area contributed by atoms with Gasteiger partial charge < -0.3 is 19.8 Å². The van der Waals surface area contributed by atoms with E-state index in [4.69, 9.17) is 9.05 Å². The first kappa shape index (κ1) is 52.7. The van der Waals surface area contributed by atoms with Gasteiger partial charge in [0.25, 0.3) is 0 Å². The predicted molar refractivity (Wildman–Crippen MR) is 231 cm³/mol. The van der Waals surface area contributed by atoms with Crippen LogP contribution >= 0.6 is 7.82 Å². The summed E-state index contributed by atoms with van der Waals surface area (Å²) >= 11 is 0. The maximum absolute atomic E-state index is 12.6. The van der Waals surface area contributed by atoms with Crippen LogP contribution in [0.1, 0.15) is 194 Å². The van der Waals surface area contributed by atoms with Crippen LogP contribution in [0.2, 0.25) is 0 Å². The van der Waals surface area contributed by atoms with Crippen molar-refractivity contribution in [3.8, 4) is 0 Å². The summed E-state index contributed by atoms with van der Waals surface area (Å²) in [5.74, 6) is -0.205. The van der Waals surface area contributed by atoms with Crippen molar-refractivity contribution in [1.82, 2.24) is 5.32 Å². The highest BCUT2D eigenvalue weighted by Gasteiger charge is 2.27. The lowest BCUT2D eigenvalue weighted by Crippen LogP contribution is -2.45. The highest BCUT2D eigenvalue weighted by molar-refractivity contribution is 7.47. The summed E-state index contributed by atoms with van der Waals surface area (Å²) in [5, 5.41) is 13.7. The number of nitrogens with one attached hydrogen (secondary N) is 1. The molecule has 0 heterocycles. The Hall–Kier alpha value is -1.28. The molecule has 0 aromatic heterocycles. The van der Waals surface area contributed by atoms with Gasteiger partial charge in [-0.1, -0.05) is 179 Å². The minimum absolute atomic E-state index is 0.0535. The maximum Gasteiger partial charge on any atom is 0.472 e. The number of amides is 1. The number of aliphatic hydroxyl groups is 1. The lowest BCUT2D eigenvalue weighted by Gasteiger charge is -2.25. The largest absolute Gasteiger partial charge is 0.472 e. The fourth-order valence-electron chi connectivity index (χ4n) is 6.25. The van der Waals surface area contributed by atoms with E-state index < -0.39 is 20.0 Å². The zero-order chi connectivity index (χ0) is 40.0. The number of aliphatic hydroxyl groups excluding tert-OH is 1. The first-order chi connectivity index (χ1) is 26.0. The van der Waals surface area contributed by atoms with Gasteiger partial charge in [0.1, 0.15) is 13.2 Å². The molecule has 54 heavy (non-hydrogen) atoms. The van der Waals surface area contributed by atoms with Crippen molar-refractivity contribution in [3.63, 3.8) is 0 Å². The molecule has 0 aromatic carbocycles. The second-order valence-corrected chi connectivity index (χ2v) is 17.9. The van der Waals surface area contributed by atoms with Gasteiger partial charge in [-0.25, -0.2) is 4.57 Å². The Morgan fingerprint density at radius 2 is 1.02 bits per heavy atom. The number of allylic oxidation sites excluding steroid dienone is 5. The molecule has 0 bridgehead atoms. The average Bonchev–Trinajstić information content (AvgIpc) is 3.12. The van der Waals surface area contributed by atoms with Crippen LogP contribution in [-0.4, -0.2) is 73.4 Å². The molecule has 0 spiro atoms. The molecule has 0 aromatic rings. The molecule has 9 heteroatoms. The molecule has 0 fully saturated rings. The fourth-order valence-corrected chi connectivity index (χ4v) is 6.98. The zero-order valence-electron chi connectivity index (χ0n) is 36.0. The van der Waals surface area contributed by atoms with Gasteiger partial charge >= 0.3 is 7.82 Å². The molecule has 0 aliphatic rings. The van der Waals surface area contributed by atoms with Crippen molar-refractivity contribution in [3.05, 3.63) is 36.5 Å². The Balaban J connectivity index is 4.14. The van der Waals surface area contributed by atoms with Gasteiger partial charge in [-0.3, -0.25) is 13.8 Å². The zero-order valence-corrected chi connectivity index (χ0v) is 36.9. The molecule has 0 radical (unpaired) electrons. The van der Waals surface area contributed by atoms with Crippen molar-refractivity contribution in [2.24, 2.45) is 0 Å². The van der Waals surface area contributed by atoms with Crippen molar-refractivity contribution in [2.75, 3.05) is 40.9 Å². The van der Waals surface area contributed by atoms with Crippen LogP contribution in [-0.2, 0) is 18.4 Å². The summed E-state index contributed by atoms with van der Waals surface area (Å²) in [7, 11) is 1.54. The topological polar surface area (TPSA) is 105 Å². The summed E-state index contributed by atoms with van der Waals surface area (Å²) in [4.78, 5) is 22.8. The summed E-state index contributed by atoms with van der Waals surface area (Å²) in [6.45, 7) is 4.69. The van der Waals surface area contributed by atoms with Crippen LogP contribution in [0.3, 0.4) is 0 Å². The van der Waals surface area contributed by atoms with E-state index in [0.717, 1.165) is 57.8 Å². The number of hydrogen-bond acceptors (Lipinski definition) is 5. The van der Waals surface area contributed by atoms with Gasteiger partial charge in [-0.05, 0) is 44.9 Å². The SMILES string of the molecule is CCCCCCCCCCCCCCCCCCC/C=C/CC/C=C/CC/C=C/C(O)C(COP(=O)(O)OCC[N+](C)(C)C)NC(=O)CCCCCCC. The number of carbonyl (C=O) groups is 1. The quantitative estimate of drug-likeness (QED) is 0.0247. The number of nitrogens with zero attached hydrogens (tertiary/aromatic N) is 1. The Kier molecular flexibility index (Phi) is 36.4. The number of phosphoric acid groups is 1. The van der Waals surface area contributed by atoms with E-state index in [1.165, 1.54) is 116 Å². The molecule has 3 atom stereocenters. The van der Waals surface area contributed by atoms with Crippen molar-refractivity contribution >= 4 is 13.7 Å². The van der Waals surface area contributed by atoms with E-state index in [1.807, 2.05) is 27.2 Å². The molecule has 1 amide bonds. The third-order valence-electron chi connectivity index (χ3n) is 9.84. The molecule has 0 aliphatic heterocycles. The van der Waals surface area contributed by atoms with Gasteiger partial charge in [-0.2, -0.15) is 0 Å². The first-order valence-electron chi connectivity index (χ1n) is 22.4. The smallest absolute Gasteiger partial charge is 0.387 e. The van der Waals surface area contributed by atoms with E-state index in [2.05, 4.69) is 43.5 Å². The maximum atomic E-state index is 12.6. The Morgan fingerprint density at radius 1 is 0.611 bits per heavy atom. The molecular weight excluding hydrogens is 695 g/mol. The van der Waals surface area contributed by atoms with E-state index in [-0.39, 0.29) is 19.1 Å². The predicted octanol–water partition coefficient (Wildman–Crippen LogP) is 12.3. The molecular formula is C45H88N2O6P+. The number of unbranched alkanes of at least 4 members (excludes halogenated alkanes) is 23. The van der Waals surface area contributed by atoms with Crippen LogP contribution < -0.4 is 5.32 Å². The summed E-state index contributed by atoms with van der Waals surface area (Å²) in [5.41, 5.74) is 0. The lowest BCUT2D eigenvalue weighted by atomic mass is 10.0. The van der Waals surface area contributed by atoms with Gasteiger partial charge in [0, 0.05) is 6.42 Å². The third-order valence-corrected chi connectivity index (χ3v) is 10.8. The van der Waals surface area contributed by atoms with Gasteiger partial charge in [0.05, 0.1) is 39.9 Å². The number of quaternary nitrogens is 1. The van der Waals surface area contributed by atoms with E-state index in [1.54, 1.807) is 6.08 Å². The highest BCUT2D eigenvalue weighted by atomic mass is 31.2. The van der Waals surface area contributed by atoms with Crippen molar-refractivity contribution in [1.29, 1.82) is 0 Å². The van der Waals surface area contributed by atoms with E-state index >= 15 is 0 Å². The minimum Gasteiger partial charge on any atom is -0.387 e. The Morgan fingerprint density at radius 3 is 1.48 bits per heavy atom. The minimum atomic E-state index is -4.33. The van der Waals surface area contributed by atoms with Crippen LogP contribution in [0.4, 0.5) is 0 Å². The molecule has 3 unspecified atom stereocenters. The normalized spacial score (nSPS) is 14.7. The fraction of sp³-hybridized carbons (Fsp3) is 0.844. The first-order valence-corrected chi connectivity index (χ1v) is 23.9.